The lowest BCUT2D eigenvalue weighted by Gasteiger charge is -1.69. The van der Waals surface area contributed by atoms with Gasteiger partial charge in [-0.2, -0.15) is 0 Å². The van der Waals surface area contributed by atoms with Crippen LogP contribution in [0.15, 0.2) is 0 Å². The summed E-state index contributed by atoms with van der Waals surface area (Å²) in [7, 11) is 0. The smallest absolute Gasteiger partial charge is 0.335 e. The summed E-state index contributed by atoms with van der Waals surface area (Å²) in [4.78, 5) is 8.99. The van der Waals surface area contributed by atoms with E-state index in [4.69, 9.17) is 9.90 Å². The van der Waals surface area contributed by atoms with Gasteiger partial charge in [-0.25, -0.2) is 9.18 Å². The van der Waals surface area contributed by atoms with E-state index in [0.29, 0.717) is 0 Å². The lowest BCUT2D eigenvalue weighted by molar-refractivity contribution is -0.137. The van der Waals surface area contributed by atoms with Crippen LogP contribution in [0.3, 0.4) is 0 Å². The normalized spacial score (nSPS) is 5.29. The number of halogens is 3. The Bertz CT molecular complexity index is 49.0. The third-order valence-electron chi connectivity index (χ3n) is 0.114. The van der Waals surface area contributed by atoms with Gasteiger partial charge in [-0.3, -0.25) is 0 Å². The van der Waals surface area contributed by atoms with Crippen molar-refractivity contribution < 1.29 is 14.3 Å². The van der Waals surface area contributed by atoms with Crippen LogP contribution in [-0.4, -0.2) is 17.8 Å². The van der Waals surface area contributed by atoms with Crippen molar-refractivity contribution in [2.45, 2.75) is 0 Å². The summed E-state index contributed by atoms with van der Waals surface area (Å²) in [6, 6.07) is 0. The number of hydrogen-bond donors (Lipinski definition) is 1. The molecule has 0 radical (unpaired) electrons. The van der Waals surface area contributed by atoms with Gasteiger partial charge in [-0.1, -0.05) is 0 Å². The zero-order valence-electron chi connectivity index (χ0n) is 3.26. The Labute approximate surface area is 52.5 Å². The molecular formula is C2H5Cl2FO2. The van der Waals surface area contributed by atoms with E-state index in [0.717, 1.165) is 0 Å². The lowest BCUT2D eigenvalue weighted by atomic mass is 10.8. The van der Waals surface area contributed by atoms with Crippen LogP contribution in [0.4, 0.5) is 4.39 Å². The minimum Gasteiger partial charge on any atom is -0.479 e. The Morgan fingerprint density at radius 2 is 1.71 bits per heavy atom. The molecule has 5 heteroatoms. The van der Waals surface area contributed by atoms with Crippen molar-refractivity contribution in [1.82, 2.24) is 0 Å². The maximum absolute atomic E-state index is 10.5. The molecule has 46 valence electrons. The van der Waals surface area contributed by atoms with E-state index in [1.807, 2.05) is 0 Å². The second kappa shape index (κ2) is 9.36. The summed E-state index contributed by atoms with van der Waals surface area (Å²) in [6.45, 7) is -1.28. The number of carbonyl (C=O) groups is 1. The van der Waals surface area contributed by atoms with Gasteiger partial charge >= 0.3 is 5.97 Å². The maximum Gasteiger partial charge on any atom is 0.335 e. The summed E-state index contributed by atoms with van der Waals surface area (Å²) in [5.74, 6) is -1.41. The molecule has 0 heterocycles. The largest absolute Gasteiger partial charge is 0.479 e. The molecule has 0 unspecified atom stereocenters. The van der Waals surface area contributed by atoms with Gasteiger partial charge in [-0.15, -0.1) is 24.8 Å². The molecule has 0 aliphatic rings. The van der Waals surface area contributed by atoms with Crippen LogP contribution in [0.5, 0.6) is 0 Å². The first-order valence-corrected chi connectivity index (χ1v) is 1.05. The summed E-state index contributed by atoms with van der Waals surface area (Å²) in [6.07, 6.45) is 0. The first-order valence-electron chi connectivity index (χ1n) is 1.05. The second-order valence-electron chi connectivity index (χ2n) is 0.527. The van der Waals surface area contributed by atoms with Gasteiger partial charge in [0.25, 0.3) is 0 Å². The Morgan fingerprint density at radius 1 is 1.57 bits per heavy atom. The Hall–Kier alpha value is -0.0200. The predicted molar refractivity (Wildman–Crippen MR) is 28.1 cm³/mol. The van der Waals surface area contributed by atoms with Crippen LogP contribution in [0.2, 0.25) is 0 Å². The molecule has 0 saturated heterocycles. The van der Waals surface area contributed by atoms with Gasteiger partial charge < -0.3 is 5.11 Å². The molecule has 1 N–H and O–H groups in total. The molecule has 0 fully saturated rings. The number of carboxylic acids is 1. The number of aliphatic carboxylic acids is 1. The first-order chi connectivity index (χ1) is 2.27. The molecule has 0 aliphatic heterocycles. The minimum atomic E-state index is -1.41. The minimum absolute atomic E-state index is 0. The monoisotopic (exact) mass is 150 g/mol. The SMILES string of the molecule is Cl.Cl.O=C(O)CF. The Balaban J connectivity index is -0.0000000800. The average molecular weight is 151 g/mol. The molecule has 0 aromatic rings. The molecule has 0 atom stereocenters. The van der Waals surface area contributed by atoms with Gasteiger partial charge in [0.1, 0.15) is 0 Å². The van der Waals surface area contributed by atoms with Crippen molar-refractivity contribution in [3.63, 3.8) is 0 Å². The van der Waals surface area contributed by atoms with Crippen LogP contribution >= 0.6 is 24.8 Å². The molecule has 0 rings (SSSR count). The highest BCUT2D eigenvalue weighted by Crippen LogP contribution is 1.60. The van der Waals surface area contributed by atoms with Crippen LogP contribution in [0.1, 0.15) is 0 Å². The van der Waals surface area contributed by atoms with Crippen molar-refractivity contribution in [1.29, 1.82) is 0 Å². The van der Waals surface area contributed by atoms with E-state index >= 15 is 0 Å². The fourth-order valence-corrected chi connectivity index (χ4v) is 0. The summed E-state index contributed by atoms with van der Waals surface area (Å²) in [5, 5.41) is 7.35. The Morgan fingerprint density at radius 3 is 1.71 bits per heavy atom. The van der Waals surface area contributed by atoms with Crippen molar-refractivity contribution >= 4 is 30.8 Å². The number of carboxylic acid groups (broad SMARTS) is 1. The van der Waals surface area contributed by atoms with Crippen LogP contribution < -0.4 is 0 Å². The summed E-state index contributed by atoms with van der Waals surface area (Å²) in [5.41, 5.74) is 0. The molecule has 0 aromatic heterocycles. The van der Waals surface area contributed by atoms with Gasteiger partial charge in [-0.05, 0) is 0 Å². The molecule has 0 bridgehead atoms. The van der Waals surface area contributed by atoms with Gasteiger partial charge in [0.05, 0.1) is 0 Å². The fourth-order valence-electron chi connectivity index (χ4n) is 0. The maximum atomic E-state index is 10.5. The van der Waals surface area contributed by atoms with Crippen molar-refractivity contribution in [3.8, 4) is 0 Å². The molecule has 0 spiro atoms. The van der Waals surface area contributed by atoms with Crippen LogP contribution in [0.25, 0.3) is 0 Å². The molecule has 0 aromatic carbocycles. The van der Waals surface area contributed by atoms with E-state index in [1.165, 1.54) is 0 Å². The van der Waals surface area contributed by atoms with E-state index < -0.39 is 12.6 Å². The Kier molecular flexibility index (Phi) is 21.1. The van der Waals surface area contributed by atoms with Crippen molar-refractivity contribution in [3.05, 3.63) is 0 Å². The molecule has 0 saturated carbocycles. The van der Waals surface area contributed by atoms with E-state index in [9.17, 15) is 4.39 Å². The summed E-state index contributed by atoms with van der Waals surface area (Å²) >= 11 is 0. The molecule has 0 amide bonds. The van der Waals surface area contributed by atoms with Crippen LogP contribution in [-0.2, 0) is 4.79 Å². The third kappa shape index (κ3) is 24.2. The first kappa shape index (κ1) is 15.8. The highest BCUT2D eigenvalue weighted by molar-refractivity contribution is 5.85. The molecule has 0 aliphatic carbocycles. The third-order valence-corrected chi connectivity index (χ3v) is 0.114. The molecule has 7 heavy (non-hydrogen) atoms. The van der Waals surface area contributed by atoms with Crippen LogP contribution in [0, 0.1) is 0 Å². The van der Waals surface area contributed by atoms with Gasteiger partial charge in [0.15, 0.2) is 6.67 Å². The molecular weight excluding hydrogens is 146 g/mol. The molecule has 2 nitrogen and oxygen atoms in total. The number of rotatable bonds is 1. The van der Waals surface area contributed by atoms with E-state index in [1.54, 1.807) is 0 Å². The summed E-state index contributed by atoms with van der Waals surface area (Å²) < 4.78 is 10.5. The predicted octanol–water partition coefficient (Wildman–Crippen LogP) is 0.884. The fraction of sp³-hybridized carbons (Fsp3) is 0.500. The quantitative estimate of drug-likeness (QED) is 0.603. The number of hydrogen-bond acceptors (Lipinski definition) is 1. The van der Waals surface area contributed by atoms with Crippen molar-refractivity contribution in [2.75, 3.05) is 6.67 Å². The number of alkyl halides is 1. The van der Waals surface area contributed by atoms with Gasteiger partial charge in [0.2, 0.25) is 0 Å². The topological polar surface area (TPSA) is 37.3 Å². The second-order valence-corrected chi connectivity index (χ2v) is 0.527. The van der Waals surface area contributed by atoms with Crippen molar-refractivity contribution in [2.24, 2.45) is 0 Å². The van der Waals surface area contributed by atoms with Gasteiger partial charge in [0, 0.05) is 0 Å². The zero-order valence-corrected chi connectivity index (χ0v) is 4.89. The average Bonchev–Trinajstić information content (AvgIpc) is 1.38. The zero-order chi connectivity index (χ0) is 4.28. The van der Waals surface area contributed by atoms with E-state index in [2.05, 4.69) is 0 Å². The highest BCUT2D eigenvalue weighted by Gasteiger charge is 1.85. The lowest BCUT2D eigenvalue weighted by Crippen LogP contribution is -1.93. The highest BCUT2D eigenvalue weighted by atomic mass is 35.5. The van der Waals surface area contributed by atoms with E-state index in [-0.39, 0.29) is 24.8 Å². The standard InChI is InChI=1S/C2H3FO2.2ClH/c3-1-2(4)5;;/h1H2,(H,4,5);2*1H.